The van der Waals surface area contributed by atoms with Crippen molar-refractivity contribution in [3.8, 4) is 0 Å². The highest BCUT2D eigenvalue weighted by Crippen LogP contribution is 2.27. The van der Waals surface area contributed by atoms with Crippen LogP contribution in [0.3, 0.4) is 0 Å². The number of hydrogen-bond acceptors (Lipinski definition) is 3. The van der Waals surface area contributed by atoms with Gasteiger partial charge in [0.25, 0.3) is 0 Å². The zero-order chi connectivity index (χ0) is 14.7. The first-order valence-corrected chi connectivity index (χ1v) is 6.86. The minimum atomic E-state index is -0.171. The number of nitrogens with one attached hydrogen (secondary N) is 1. The molecule has 0 bridgehead atoms. The predicted molar refractivity (Wildman–Crippen MR) is 84.7 cm³/mol. The minimum Gasteiger partial charge on any atom is -0.397 e. The molecule has 0 aliphatic carbocycles. The number of anilines is 2. The summed E-state index contributed by atoms with van der Waals surface area (Å²) >= 11 is 0. The summed E-state index contributed by atoms with van der Waals surface area (Å²) in [7, 11) is 0. The van der Waals surface area contributed by atoms with Crippen LogP contribution < -0.4 is 11.1 Å². The van der Waals surface area contributed by atoms with E-state index < -0.39 is 0 Å². The molecule has 3 N–H and O–H groups in total. The summed E-state index contributed by atoms with van der Waals surface area (Å²) in [6, 6.07) is 14.5. The van der Waals surface area contributed by atoms with E-state index in [1.54, 1.807) is 18.3 Å². The molecule has 3 rings (SSSR count). The highest BCUT2D eigenvalue weighted by molar-refractivity contribution is 5.96. The average Bonchev–Trinajstić information content (AvgIpc) is 2.52. The van der Waals surface area contributed by atoms with E-state index in [2.05, 4.69) is 10.3 Å². The number of hydrogen-bond donors (Lipinski definition) is 2. The van der Waals surface area contributed by atoms with Gasteiger partial charge in [0, 0.05) is 18.1 Å². The van der Waals surface area contributed by atoms with Gasteiger partial charge in [-0.05, 0) is 42.3 Å². The Morgan fingerprint density at radius 1 is 1.05 bits per heavy atom. The lowest BCUT2D eigenvalue weighted by Crippen LogP contribution is -2.08. The van der Waals surface area contributed by atoms with Crippen molar-refractivity contribution in [1.29, 1.82) is 0 Å². The monoisotopic (exact) mass is 281 g/mol. The quantitative estimate of drug-likeness (QED) is 0.718. The first-order valence-electron chi connectivity index (χ1n) is 6.86. The summed E-state index contributed by atoms with van der Waals surface area (Å²) in [5, 5.41) is 4.19. The van der Waals surface area contributed by atoms with Crippen molar-refractivity contribution >= 4 is 22.3 Å². The molecule has 0 aliphatic heterocycles. The number of rotatable bonds is 4. The van der Waals surface area contributed by atoms with Crippen molar-refractivity contribution in [1.82, 2.24) is 4.98 Å². The molecular weight excluding hydrogens is 265 g/mol. The van der Waals surface area contributed by atoms with Crippen LogP contribution in [0.1, 0.15) is 5.56 Å². The van der Waals surface area contributed by atoms with Crippen LogP contribution in [0.5, 0.6) is 0 Å². The number of halogens is 1. The predicted octanol–water partition coefficient (Wildman–Crippen LogP) is 3.61. The van der Waals surface area contributed by atoms with E-state index in [1.807, 2.05) is 30.3 Å². The number of pyridine rings is 1. The van der Waals surface area contributed by atoms with E-state index in [4.69, 9.17) is 5.73 Å². The third-order valence-electron chi connectivity index (χ3n) is 3.49. The van der Waals surface area contributed by atoms with E-state index in [-0.39, 0.29) is 5.82 Å². The molecule has 0 fully saturated rings. The number of fused-ring (bicyclic) bond motifs is 1. The Kier molecular flexibility index (Phi) is 3.69. The lowest BCUT2D eigenvalue weighted by atomic mass is 10.1. The molecule has 1 aromatic heterocycles. The maximum Gasteiger partial charge on any atom is 0.126 e. The van der Waals surface area contributed by atoms with Crippen LogP contribution in [0.15, 0.2) is 54.7 Å². The van der Waals surface area contributed by atoms with Crippen molar-refractivity contribution in [2.75, 3.05) is 17.6 Å². The van der Waals surface area contributed by atoms with Gasteiger partial charge in [0.1, 0.15) is 5.82 Å². The van der Waals surface area contributed by atoms with Gasteiger partial charge in [0.2, 0.25) is 0 Å². The molecular formula is C17H16FN3. The van der Waals surface area contributed by atoms with Gasteiger partial charge < -0.3 is 11.1 Å². The van der Waals surface area contributed by atoms with Gasteiger partial charge in [0.15, 0.2) is 0 Å². The molecule has 0 radical (unpaired) electrons. The summed E-state index contributed by atoms with van der Waals surface area (Å²) in [5.74, 6) is -0.171. The lowest BCUT2D eigenvalue weighted by molar-refractivity contribution is 0.610. The Labute approximate surface area is 122 Å². The Hall–Kier alpha value is -2.62. The van der Waals surface area contributed by atoms with Crippen molar-refractivity contribution in [2.45, 2.75) is 6.42 Å². The first-order chi connectivity index (χ1) is 10.3. The second kappa shape index (κ2) is 5.79. The summed E-state index contributed by atoms with van der Waals surface area (Å²) in [5.41, 5.74) is 9.25. The van der Waals surface area contributed by atoms with Crippen LogP contribution in [0.25, 0.3) is 10.9 Å². The maximum absolute atomic E-state index is 13.5. The topological polar surface area (TPSA) is 50.9 Å². The Bertz CT molecular complexity index is 771. The average molecular weight is 281 g/mol. The zero-order valence-electron chi connectivity index (χ0n) is 11.5. The van der Waals surface area contributed by atoms with Crippen molar-refractivity contribution in [2.24, 2.45) is 0 Å². The first kappa shape index (κ1) is 13.4. The molecule has 0 saturated carbocycles. The number of aromatic nitrogens is 1. The Balaban J connectivity index is 1.74. The van der Waals surface area contributed by atoms with Crippen molar-refractivity contribution < 1.29 is 4.39 Å². The fraction of sp³-hybridized carbons (Fsp3) is 0.118. The lowest BCUT2D eigenvalue weighted by Gasteiger charge is -2.11. The SMILES string of the molecule is Nc1c(NCCc2ccccc2F)ccc2ncccc12. The van der Waals surface area contributed by atoms with E-state index in [9.17, 15) is 4.39 Å². The minimum absolute atomic E-state index is 0.171. The highest BCUT2D eigenvalue weighted by Gasteiger charge is 2.05. The van der Waals surface area contributed by atoms with Crippen LogP contribution in [0.4, 0.5) is 15.8 Å². The standard InChI is InChI=1S/C17H16FN3/c18-14-6-2-1-4-12(14)9-11-21-16-8-7-15-13(17(16)19)5-3-10-20-15/h1-8,10,21H,9,11,19H2. The van der Waals surface area contributed by atoms with E-state index >= 15 is 0 Å². The van der Waals surface area contributed by atoms with Crippen LogP contribution in [-0.4, -0.2) is 11.5 Å². The number of nitrogen functional groups attached to an aromatic ring is 1. The van der Waals surface area contributed by atoms with Crippen LogP contribution >= 0.6 is 0 Å². The third kappa shape index (κ3) is 2.79. The van der Waals surface area contributed by atoms with Crippen LogP contribution in [0.2, 0.25) is 0 Å². The fourth-order valence-electron chi connectivity index (χ4n) is 2.36. The summed E-state index contributed by atoms with van der Waals surface area (Å²) in [4.78, 5) is 4.27. The number of nitrogens with two attached hydrogens (primary N) is 1. The van der Waals surface area contributed by atoms with Crippen molar-refractivity contribution in [3.63, 3.8) is 0 Å². The van der Waals surface area contributed by atoms with Gasteiger partial charge in [-0.25, -0.2) is 4.39 Å². The number of nitrogens with zero attached hydrogens (tertiary/aromatic N) is 1. The summed E-state index contributed by atoms with van der Waals surface area (Å²) < 4.78 is 13.5. The molecule has 3 nitrogen and oxygen atoms in total. The van der Waals surface area contributed by atoms with E-state index in [0.717, 1.165) is 16.6 Å². The third-order valence-corrected chi connectivity index (χ3v) is 3.49. The molecule has 0 aliphatic rings. The zero-order valence-corrected chi connectivity index (χ0v) is 11.5. The van der Waals surface area contributed by atoms with Gasteiger partial charge in [-0.1, -0.05) is 18.2 Å². The second-order valence-electron chi connectivity index (χ2n) is 4.87. The largest absolute Gasteiger partial charge is 0.397 e. The van der Waals surface area contributed by atoms with Gasteiger partial charge in [-0.15, -0.1) is 0 Å². The summed E-state index contributed by atoms with van der Waals surface area (Å²) in [6.07, 6.45) is 2.35. The normalized spacial score (nSPS) is 10.7. The molecule has 2 aromatic carbocycles. The smallest absolute Gasteiger partial charge is 0.126 e. The summed E-state index contributed by atoms with van der Waals surface area (Å²) in [6.45, 7) is 0.622. The molecule has 106 valence electrons. The molecule has 3 aromatic rings. The molecule has 4 heteroatoms. The van der Waals surface area contributed by atoms with Gasteiger partial charge >= 0.3 is 0 Å². The Morgan fingerprint density at radius 3 is 2.76 bits per heavy atom. The highest BCUT2D eigenvalue weighted by atomic mass is 19.1. The molecule has 0 atom stereocenters. The Morgan fingerprint density at radius 2 is 1.90 bits per heavy atom. The van der Waals surface area contributed by atoms with Gasteiger partial charge in [-0.2, -0.15) is 0 Å². The number of benzene rings is 2. The second-order valence-corrected chi connectivity index (χ2v) is 4.87. The van der Waals surface area contributed by atoms with Crippen molar-refractivity contribution in [3.05, 3.63) is 66.1 Å². The van der Waals surface area contributed by atoms with Gasteiger partial charge in [-0.3, -0.25) is 4.98 Å². The van der Waals surface area contributed by atoms with Crippen LogP contribution in [-0.2, 0) is 6.42 Å². The van der Waals surface area contributed by atoms with E-state index in [0.29, 0.717) is 24.2 Å². The molecule has 1 heterocycles. The van der Waals surface area contributed by atoms with Crippen LogP contribution in [0, 0.1) is 5.82 Å². The van der Waals surface area contributed by atoms with Gasteiger partial charge in [0.05, 0.1) is 16.9 Å². The molecule has 0 spiro atoms. The molecule has 21 heavy (non-hydrogen) atoms. The molecule has 0 amide bonds. The fourth-order valence-corrected chi connectivity index (χ4v) is 2.36. The molecule has 0 unspecified atom stereocenters. The maximum atomic E-state index is 13.5. The van der Waals surface area contributed by atoms with E-state index in [1.165, 1.54) is 6.07 Å². The molecule has 0 saturated heterocycles.